The normalized spacial score (nSPS) is 20.9. The molecule has 122 valence electrons. The van der Waals surface area contributed by atoms with E-state index in [9.17, 15) is 4.79 Å². The first-order chi connectivity index (χ1) is 11.1. The maximum atomic E-state index is 12.8. The van der Waals surface area contributed by atoms with Crippen LogP contribution in [0.15, 0.2) is 24.3 Å². The first-order valence-corrected chi connectivity index (χ1v) is 7.83. The van der Waals surface area contributed by atoms with Crippen molar-refractivity contribution in [3.05, 3.63) is 47.0 Å². The molecule has 0 radical (unpaired) electrons. The van der Waals surface area contributed by atoms with Gasteiger partial charge in [-0.2, -0.15) is 5.10 Å². The molecule has 1 saturated heterocycles. The van der Waals surface area contributed by atoms with E-state index in [1.54, 1.807) is 7.11 Å². The molecule has 2 heterocycles. The van der Waals surface area contributed by atoms with Crippen LogP contribution in [0, 0.1) is 13.8 Å². The van der Waals surface area contributed by atoms with E-state index in [1.807, 2.05) is 43.0 Å². The van der Waals surface area contributed by atoms with Gasteiger partial charge in [0.15, 0.2) is 5.82 Å². The predicted octanol–water partition coefficient (Wildman–Crippen LogP) is 1.95. The second kappa shape index (κ2) is 6.50. The van der Waals surface area contributed by atoms with Gasteiger partial charge in [-0.25, -0.2) is 4.98 Å². The second-order valence-corrected chi connectivity index (χ2v) is 6.10. The molecule has 1 aromatic heterocycles. The van der Waals surface area contributed by atoms with Gasteiger partial charge >= 0.3 is 0 Å². The van der Waals surface area contributed by atoms with Gasteiger partial charge in [0.25, 0.3) is 0 Å². The number of methoxy groups -OCH3 is 1. The Morgan fingerprint density at radius 1 is 1.35 bits per heavy atom. The van der Waals surface area contributed by atoms with Gasteiger partial charge in [0.1, 0.15) is 5.82 Å². The maximum Gasteiger partial charge on any atom is 0.227 e. The van der Waals surface area contributed by atoms with Gasteiger partial charge in [0.2, 0.25) is 5.91 Å². The summed E-state index contributed by atoms with van der Waals surface area (Å²) in [5, 5.41) is 7.09. The Kier molecular flexibility index (Phi) is 4.43. The molecule has 1 amide bonds. The van der Waals surface area contributed by atoms with Crippen LogP contribution in [-0.4, -0.2) is 45.7 Å². The van der Waals surface area contributed by atoms with Crippen LogP contribution in [0.2, 0.25) is 0 Å². The number of hydrogen-bond acceptors (Lipinski definition) is 4. The average molecular weight is 314 g/mol. The molecular weight excluding hydrogens is 292 g/mol. The number of rotatable bonds is 4. The molecule has 0 unspecified atom stereocenters. The molecule has 1 aromatic carbocycles. The number of nitrogens with one attached hydrogen (secondary N) is 1. The van der Waals surface area contributed by atoms with Crippen molar-refractivity contribution in [1.82, 2.24) is 20.1 Å². The Hall–Kier alpha value is -2.21. The third-order valence-corrected chi connectivity index (χ3v) is 4.30. The summed E-state index contributed by atoms with van der Waals surface area (Å²) in [5.74, 6) is 1.51. The molecule has 0 aliphatic carbocycles. The Bertz CT molecular complexity index is 680. The number of carbonyl (C=O) groups excluding carboxylic acids is 1. The van der Waals surface area contributed by atoms with Crippen molar-refractivity contribution in [2.24, 2.45) is 0 Å². The highest BCUT2D eigenvalue weighted by molar-refractivity contribution is 5.79. The molecule has 1 aliphatic heterocycles. The van der Waals surface area contributed by atoms with E-state index >= 15 is 0 Å². The van der Waals surface area contributed by atoms with E-state index in [4.69, 9.17) is 4.74 Å². The largest absolute Gasteiger partial charge is 0.380 e. The van der Waals surface area contributed by atoms with E-state index in [1.165, 1.54) is 5.56 Å². The SMILES string of the molecule is CO[C@H]1C[C@@H](c2n[nH]c(C)n2)N(C(=O)Cc2ccc(C)cc2)C1. The molecule has 1 fully saturated rings. The van der Waals surface area contributed by atoms with Crippen LogP contribution in [0.1, 0.15) is 35.2 Å². The van der Waals surface area contributed by atoms with Crippen LogP contribution >= 0.6 is 0 Å². The van der Waals surface area contributed by atoms with Crippen molar-refractivity contribution in [2.45, 2.75) is 38.8 Å². The zero-order valence-corrected chi connectivity index (χ0v) is 13.7. The van der Waals surface area contributed by atoms with Crippen LogP contribution in [0.25, 0.3) is 0 Å². The lowest BCUT2D eigenvalue weighted by atomic mass is 10.1. The molecule has 0 spiro atoms. The summed E-state index contributed by atoms with van der Waals surface area (Å²) in [6.45, 7) is 4.48. The molecule has 6 heteroatoms. The van der Waals surface area contributed by atoms with Crippen molar-refractivity contribution < 1.29 is 9.53 Å². The number of carbonyl (C=O) groups is 1. The van der Waals surface area contributed by atoms with Gasteiger partial charge in [-0.1, -0.05) is 29.8 Å². The molecule has 0 saturated carbocycles. The molecule has 0 bridgehead atoms. The zero-order chi connectivity index (χ0) is 16.4. The summed E-state index contributed by atoms with van der Waals surface area (Å²) < 4.78 is 5.46. The minimum absolute atomic E-state index is 0.0285. The first-order valence-electron chi connectivity index (χ1n) is 7.83. The Balaban J connectivity index is 1.77. The number of nitrogens with zero attached hydrogens (tertiary/aromatic N) is 3. The van der Waals surface area contributed by atoms with E-state index in [2.05, 4.69) is 15.2 Å². The lowest BCUT2D eigenvalue weighted by molar-refractivity contribution is -0.131. The number of aromatic amines is 1. The van der Waals surface area contributed by atoms with Crippen molar-refractivity contribution in [3.63, 3.8) is 0 Å². The summed E-state index contributed by atoms with van der Waals surface area (Å²) in [6, 6.07) is 7.94. The third kappa shape index (κ3) is 3.42. The predicted molar refractivity (Wildman–Crippen MR) is 85.9 cm³/mol. The summed E-state index contributed by atoms with van der Waals surface area (Å²) in [6.07, 6.45) is 1.14. The summed E-state index contributed by atoms with van der Waals surface area (Å²) in [7, 11) is 1.68. The monoisotopic (exact) mass is 314 g/mol. The summed E-state index contributed by atoms with van der Waals surface area (Å²) in [4.78, 5) is 19.0. The highest BCUT2D eigenvalue weighted by Crippen LogP contribution is 2.32. The lowest BCUT2D eigenvalue weighted by Crippen LogP contribution is -2.33. The lowest BCUT2D eigenvalue weighted by Gasteiger charge is -2.22. The topological polar surface area (TPSA) is 71.1 Å². The highest BCUT2D eigenvalue weighted by Gasteiger charge is 2.38. The van der Waals surface area contributed by atoms with Crippen molar-refractivity contribution in [3.8, 4) is 0 Å². The van der Waals surface area contributed by atoms with Crippen molar-refractivity contribution >= 4 is 5.91 Å². The molecule has 2 atom stereocenters. The molecule has 1 N–H and O–H groups in total. The van der Waals surface area contributed by atoms with Crippen LogP contribution in [0.3, 0.4) is 0 Å². The van der Waals surface area contributed by atoms with Gasteiger partial charge in [-0.15, -0.1) is 0 Å². The summed E-state index contributed by atoms with van der Waals surface area (Å²) >= 11 is 0. The van der Waals surface area contributed by atoms with Gasteiger partial charge in [0, 0.05) is 20.1 Å². The number of aromatic nitrogens is 3. The number of H-pyrrole nitrogens is 1. The molecule has 3 rings (SSSR count). The fraction of sp³-hybridized carbons (Fsp3) is 0.471. The number of ether oxygens (including phenoxy) is 1. The van der Waals surface area contributed by atoms with Crippen LogP contribution < -0.4 is 0 Å². The van der Waals surface area contributed by atoms with E-state index in [0.29, 0.717) is 18.8 Å². The number of hydrogen-bond donors (Lipinski definition) is 1. The highest BCUT2D eigenvalue weighted by atomic mass is 16.5. The van der Waals surface area contributed by atoms with Gasteiger partial charge in [-0.3, -0.25) is 9.89 Å². The molecule has 23 heavy (non-hydrogen) atoms. The minimum Gasteiger partial charge on any atom is -0.380 e. The third-order valence-electron chi connectivity index (χ3n) is 4.30. The van der Waals surface area contributed by atoms with E-state index in [-0.39, 0.29) is 18.1 Å². The molecule has 2 aromatic rings. The fourth-order valence-electron chi connectivity index (χ4n) is 2.98. The van der Waals surface area contributed by atoms with Gasteiger partial charge < -0.3 is 9.64 Å². The van der Waals surface area contributed by atoms with E-state index < -0.39 is 0 Å². The average Bonchev–Trinajstić information content (AvgIpc) is 3.15. The number of amides is 1. The molecule has 6 nitrogen and oxygen atoms in total. The maximum absolute atomic E-state index is 12.8. The number of benzene rings is 1. The van der Waals surface area contributed by atoms with Crippen LogP contribution in [0.5, 0.6) is 0 Å². The number of aryl methyl sites for hydroxylation is 2. The van der Waals surface area contributed by atoms with Gasteiger partial charge in [0.05, 0.1) is 18.6 Å². The Morgan fingerprint density at radius 3 is 2.70 bits per heavy atom. The zero-order valence-electron chi connectivity index (χ0n) is 13.7. The van der Waals surface area contributed by atoms with Gasteiger partial charge in [-0.05, 0) is 19.4 Å². The smallest absolute Gasteiger partial charge is 0.227 e. The molecular formula is C17H22N4O2. The fourth-order valence-corrected chi connectivity index (χ4v) is 2.98. The van der Waals surface area contributed by atoms with Crippen molar-refractivity contribution in [2.75, 3.05) is 13.7 Å². The van der Waals surface area contributed by atoms with Crippen molar-refractivity contribution in [1.29, 1.82) is 0 Å². The van der Waals surface area contributed by atoms with Crippen LogP contribution in [-0.2, 0) is 16.0 Å². The summed E-state index contributed by atoms with van der Waals surface area (Å²) in [5.41, 5.74) is 2.21. The van der Waals surface area contributed by atoms with Crippen LogP contribution in [0.4, 0.5) is 0 Å². The second-order valence-electron chi connectivity index (χ2n) is 6.10. The quantitative estimate of drug-likeness (QED) is 0.936. The standard InChI is InChI=1S/C17H22N4O2/c1-11-4-6-13(7-5-11)8-16(22)21-10-14(23-3)9-15(21)17-18-12(2)19-20-17/h4-7,14-15H,8-10H2,1-3H3,(H,18,19,20)/t14-,15-/m0/s1. The Labute approximate surface area is 135 Å². The number of likely N-dealkylation sites (tertiary alicyclic amines) is 1. The van der Waals surface area contributed by atoms with E-state index in [0.717, 1.165) is 17.8 Å². The Morgan fingerprint density at radius 2 is 2.09 bits per heavy atom. The first kappa shape index (κ1) is 15.7. The molecule has 1 aliphatic rings. The minimum atomic E-state index is -0.122.